The van der Waals surface area contributed by atoms with Gasteiger partial charge in [0.15, 0.2) is 0 Å². The number of anilines is 1. The summed E-state index contributed by atoms with van der Waals surface area (Å²) in [6.07, 6.45) is 1.85. The molecule has 0 saturated carbocycles. The minimum absolute atomic E-state index is 0.178. The Hall–Kier alpha value is -2.42. The summed E-state index contributed by atoms with van der Waals surface area (Å²) in [5.74, 6) is 0.664. The van der Waals surface area contributed by atoms with Crippen molar-refractivity contribution in [2.24, 2.45) is 0 Å². The summed E-state index contributed by atoms with van der Waals surface area (Å²) >= 11 is 0. The van der Waals surface area contributed by atoms with E-state index >= 15 is 0 Å². The second kappa shape index (κ2) is 5.29. The van der Waals surface area contributed by atoms with E-state index in [9.17, 15) is 0 Å². The Morgan fingerprint density at radius 2 is 1.75 bits per heavy atom. The highest BCUT2D eigenvalue weighted by atomic mass is 15.1. The van der Waals surface area contributed by atoms with Crippen molar-refractivity contribution in [3.63, 3.8) is 0 Å². The van der Waals surface area contributed by atoms with E-state index in [-0.39, 0.29) is 6.04 Å². The first-order valence-corrected chi connectivity index (χ1v) is 6.77. The van der Waals surface area contributed by atoms with Crippen LogP contribution in [0, 0.1) is 6.92 Å². The van der Waals surface area contributed by atoms with Crippen LogP contribution in [0.3, 0.4) is 0 Å². The molecule has 0 spiro atoms. The molecule has 3 nitrogen and oxygen atoms in total. The minimum Gasteiger partial charge on any atom is -0.348 e. The predicted octanol–water partition coefficient (Wildman–Crippen LogP) is 4.11. The maximum Gasteiger partial charge on any atom is 0.223 e. The van der Waals surface area contributed by atoms with E-state index in [1.54, 1.807) is 0 Å². The third kappa shape index (κ3) is 2.62. The van der Waals surface area contributed by atoms with Crippen LogP contribution in [0.25, 0.3) is 10.9 Å². The molecule has 0 aliphatic rings. The van der Waals surface area contributed by atoms with E-state index < -0.39 is 0 Å². The highest BCUT2D eigenvalue weighted by Crippen LogP contribution is 2.18. The van der Waals surface area contributed by atoms with Crippen molar-refractivity contribution in [1.29, 1.82) is 0 Å². The number of aromatic nitrogens is 2. The summed E-state index contributed by atoms with van der Waals surface area (Å²) in [5.41, 5.74) is 3.45. The van der Waals surface area contributed by atoms with Gasteiger partial charge in [-0.25, -0.2) is 9.97 Å². The minimum atomic E-state index is 0.178. The van der Waals surface area contributed by atoms with E-state index in [2.05, 4.69) is 53.4 Å². The molecule has 0 saturated heterocycles. The molecular formula is C17H17N3. The van der Waals surface area contributed by atoms with Crippen LogP contribution in [0.15, 0.2) is 54.7 Å². The molecule has 1 atom stereocenters. The summed E-state index contributed by atoms with van der Waals surface area (Å²) in [4.78, 5) is 8.90. The number of hydrogen-bond donors (Lipinski definition) is 1. The largest absolute Gasteiger partial charge is 0.348 e. The molecule has 100 valence electrons. The van der Waals surface area contributed by atoms with Gasteiger partial charge in [0.05, 0.1) is 11.6 Å². The molecule has 3 heteroatoms. The van der Waals surface area contributed by atoms with Crippen LogP contribution in [0.5, 0.6) is 0 Å². The van der Waals surface area contributed by atoms with Gasteiger partial charge in [-0.3, -0.25) is 0 Å². The molecule has 0 fully saturated rings. The van der Waals surface area contributed by atoms with Gasteiger partial charge in [0, 0.05) is 11.6 Å². The maximum absolute atomic E-state index is 4.54. The van der Waals surface area contributed by atoms with E-state index in [0.29, 0.717) is 5.95 Å². The standard InChI is InChI=1S/C17H17N3/c1-12-7-9-14(10-8-12)13(2)19-17-18-11-15-5-3-4-6-16(15)20-17/h3-11,13H,1-2H3,(H,18,19,20). The molecule has 0 amide bonds. The molecule has 0 aliphatic carbocycles. The highest BCUT2D eigenvalue weighted by molar-refractivity contribution is 5.78. The van der Waals surface area contributed by atoms with Gasteiger partial charge in [0.25, 0.3) is 0 Å². The maximum atomic E-state index is 4.54. The Morgan fingerprint density at radius 1 is 1.00 bits per heavy atom. The molecule has 0 bridgehead atoms. The van der Waals surface area contributed by atoms with Crippen molar-refractivity contribution in [3.8, 4) is 0 Å². The van der Waals surface area contributed by atoms with Gasteiger partial charge < -0.3 is 5.32 Å². The molecule has 3 rings (SSSR count). The number of para-hydroxylation sites is 1. The van der Waals surface area contributed by atoms with Gasteiger partial charge in [-0.05, 0) is 25.5 Å². The second-order valence-corrected chi connectivity index (χ2v) is 5.03. The number of fused-ring (bicyclic) bond motifs is 1. The summed E-state index contributed by atoms with van der Waals surface area (Å²) in [5, 5.41) is 4.40. The van der Waals surface area contributed by atoms with E-state index in [0.717, 1.165) is 10.9 Å². The number of nitrogens with zero attached hydrogens (tertiary/aromatic N) is 2. The SMILES string of the molecule is Cc1ccc(C(C)Nc2ncc3ccccc3n2)cc1. The summed E-state index contributed by atoms with van der Waals surface area (Å²) in [7, 11) is 0. The fourth-order valence-corrected chi connectivity index (χ4v) is 2.17. The van der Waals surface area contributed by atoms with Crippen LogP contribution >= 0.6 is 0 Å². The molecule has 3 aromatic rings. The molecule has 20 heavy (non-hydrogen) atoms. The average Bonchev–Trinajstić information content (AvgIpc) is 2.48. The zero-order valence-corrected chi connectivity index (χ0v) is 11.7. The molecule has 0 radical (unpaired) electrons. The lowest BCUT2D eigenvalue weighted by molar-refractivity contribution is 0.863. The van der Waals surface area contributed by atoms with Gasteiger partial charge in [-0.2, -0.15) is 0 Å². The van der Waals surface area contributed by atoms with Gasteiger partial charge in [-0.1, -0.05) is 48.0 Å². The highest BCUT2D eigenvalue weighted by Gasteiger charge is 2.07. The molecule has 1 heterocycles. The van der Waals surface area contributed by atoms with Crippen LogP contribution in [0.4, 0.5) is 5.95 Å². The number of rotatable bonds is 3. The Labute approximate surface area is 118 Å². The first-order chi connectivity index (χ1) is 9.72. The topological polar surface area (TPSA) is 37.8 Å². The van der Waals surface area contributed by atoms with Crippen molar-refractivity contribution < 1.29 is 0 Å². The van der Waals surface area contributed by atoms with Crippen molar-refractivity contribution in [2.75, 3.05) is 5.32 Å². The van der Waals surface area contributed by atoms with E-state index in [1.165, 1.54) is 11.1 Å². The quantitative estimate of drug-likeness (QED) is 0.772. The number of hydrogen-bond acceptors (Lipinski definition) is 3. The molecular weight excluding hydrogens is 246 g/mol. The monoisotopic (exact) mass is 263 g/mol. The smallest absolute Gasteiger partial charge is 0.223 e. The molecule has 1 aromatic heterocycles. The summed E-state index contributed by atoms with van der Waals surface area (Å²) in [6.45, 7) is 4.21. The lowest BCUT2D eigenvalue weighted by Gasteiger charge is -2.14. The lowest BCUT2D eigenvalue weighted by atomic mass is 10.1. The van der Waals surface area contributed by atoms with Crippen LogP contribution in [0.1, 0.15) is 24.1 Å². The average molecular weight is 263 g/mol. The summed E-state index contributed by atoms with van der Waals surface area (Å²) < 4.78 is 0. The fourth-order valence-electron chi connectivity index (χ4n) is 2.17. The molecule has 2 aromatic carbocycles. The van der Waals surface area contributed by atoms with Crippen molar-refractivity contribution in [1.82, 2.24) is 9.97 Å². The van der Waals surface area contributed by atoms with Gasteiger partial charge in [0.1, 0.15) is 0 Å². The van der Waals surface area contributed by atoms with Crippen LogP contribution < -0.4 is 5.32 Å². The van der Waals surface area contributed by atoms with Crippen molar-refractivity contribution >= 4 is 16.9 Å². The zero-order valence-electron chi connectivity index (χ0n) is 11.7. The molecule has 0 aliphatic heterocycles. The number of nitrogens with one attached hydrogen (secondary N) is 1. The van der Waals surface area contributed by atoms with Gasteiger partial charge in [0.2, 0.25) is 5.95 Å². The first-order valence-electron chi connectivity index (χ1n) is 6.77. The Kier molecular flexibility index (Phi) is 3.33. The molecule has 1 N–H and O–H groups in total. The van der Waals surface area contributed by atoms with Gasteiger partial charge >= 0.3 is 0 Å². The van der Waals surface area contributed by atoms with Crippen molar-refractivity contribution in [3.05, 3.63) is 65.9 Å². The van der Waals surface area contributed by atoms with Crippen molar-refractivity contribution in [2.45, 2.75) is 19.9 Å². The summed E-state index contributed by atoms with van der Waals surface area (Å²) in [6, 6.07) is 16.7. The molecule has 1 unspecified atom stereocenters. The normalized spacial score (nSPS) is 12.3. The third-order valence-electron chi connectivity index (χ3n) is 3.41. The van der Waals surface area contributed by atoms with E-state index in [4.69, 9.17) is 0 Å². The van der Waals surface area contributed by atoms with Crippen LogP contribution in [-0.4, -0.2) is 9.97 Å². The second-order valence-electron chi connectivity index (χ2n) is 5.03. The Balaban J connectivity index is 1.83. The Bertz CT molecular complexity index is 720. The van der Waals surface area contributed by atoms with Crippen LogP contribution in [-0.2, 0) is 0 Å². The Morgan fingerprint density at radius 3 is 2.55 bits per heavy atom. The van der Waals surface area contributed by atoms with Gasteiger partial charge in [-0.15, -0.1) is 0 Å². The zero-order chi connectivity index (χ0) is 13.9. The lowest BCUT2D eigenvalue weighted by Crippen LogP contribution is -2.09. The van der Waals surface area contributed by atoms with E-state index in [1.807, 2.05) is 30.5 Å². The third-order valence-corrected chi connectivity index (χ3v) is 3.41. The predicted molar refractivity (Wildman–Crippen MR) is 82.8 cm³/mol. The number of aryl methyl sites for hydroxylation is 1. The number of benzene rings is 2. The van der Waals surface area contributed by atoms with Crippen LogP contribution in [0.2, 0.25) is 0 Å². The fraction of sp³-hybridized carbons (Fsp3) is 0.176. The first kappa shape index (κ1) is 12.6.